The van der Waals surface area contributed by atoms with E-state index in [2.05, 4.69) is 10.3 Å². The zero-order chi connectivity index (χ0) is 24.8. The number of aromatic nitrogens is 1. The van der Waals surface area contributed by atoms with E-state index in [1.807, 2.05) is 0 Å². The molecule has 0 spiro atoms. The molecule has 0 saturated carbocycles. The van der Waals surface area contributed by atoms with E-state index in [1.165, 1.54) is 0 Å². The molecule has 0 radical (unpaired) electrons. The van der Waals surface area contributed by atoms with Crippen molar-refractivity contribution in [3.8, 4) is 0 Å². The molecule has 2 aromatic rings. The van der Waals surface area contributed by atoms with Gasteiger partial charge in [0.1, 0.15) is 23.4 Å². The topological polar surface area (TPSA) is 108 Å². The summed E-state index contributed by atoms with van der Waals surface area (Å²) in [5.74, 6) is -6.04. The van der Waals surface area contributed by atoms with Gasteiger partial charge in [-0.3, -0.25) is 29.5 Å². The van der Waals surface area contributed by atoms with E-state index in [9.17, 15) is 36.7 Å². The number of carbonyl (C=O) groups is 4. The number of nitrogens with one attached hydrogen (secondary N) is 2. The number of hydrogen-bond acceptors (Lipinski definition) is 5. The van der Waals surface area contributed by atoms with Crippen molar-refractivity contribution < 1.29 is 41.1 Å². The summed E-state index contributed by atoms with van der Waals surface area (Å²) in [6.07, 6.45) is -4.25. The summed E-state index contributed by atoms with van der Waals surface area (Å²) in [5.41, 5.74) is -2.34. The quantitative estimate of drug-likeness (QED) is 0.513. The molecule has 0 aliphatic carbocycles. The maximum absolute atomic E-state index is 15.2. The van der Waals surface area contributed by atoms with Gasteiger partial charge in [-0.05, 0) is 30.7 Å². The monoisotopic (exact) mass is 482 g/mol. The number of alkyl halides is 3. The molecule has 2 atom stereocenters. The summed E-state index contributed by atoms with van der Waals surface area (Å²) in [5, 5.41) is 3.63. The van der Waals surface area contributed by atoms with Gasteiger partial charge in [0.25, 0.3) is 11.8 Å². The average Bonchev–Trinajstić information content (AvgIpc) is 3.09. The van der Waals surface area contributed by atoms with Crippen LogP contribution in [0.4, 0.5) is 22.0 Å². The first-order chi connectivity index (χ1) is 16.0. The molecule has 1 aromatic heterocycles. The molecular weight excluding hydrogens is 467 g/mol. The first-order valence-electron chi connectivity index (χ1n) is 9.93. The third-order valence-corrected chi connectivity index (χ3v) is 5.56. The number of hydrogen-bond donors (Lipinski definition) is 2. The van der Waals surface area contributed by atoms with Crippen LogP contribution in [0.3, 0.4) is 0 Å². The van der Waals surface area contributed by atoms with E-state index in [0.717, 1.165) is 35.4 Å². The highest BCUT2D eigenvalue weighted by atomic mass is 19.4. The third-order valence-electron chi connectivity index (χ3n) is 5.56. The summed E-state index contributed by atoms with van der Waals surface area (Å²) >= 11 is 0. The van der Waals surface area contributed by atoms with Crippen molar-refractivity contribution in [2.45, 2.75) is 37.6 Å². The fourth-order valence-electron chi connectivity index (χ4n) is 3.90. The van der Waals surface area contributed by atoms with Gasteiger partial charge in [0.2, 0.25) is 11.8 Å². The minimum Gasteiger partial charge on any atom is -0.335 e. The van der Waals surface area contributed by atoms with Crippen molar-refractivity contribution >= 4 is 23.6 Å². The van der Waals surface area contributed by atoms with Gasteiger partial charge in [0, 0.05) is 23.7 Å². The number of piperidine rings is 1. The molecule has 2 aliphatic heterocycles. The predicted octanol–water partition coefficient (Wildman–Crippen LogP) is 2.15. The van der Waals surface area contributed by atoms with E-state index < -0.39 is 71.3 Å². The molecule has 13 heteroatoms. The van der Waals surface area contributed by atoms with E-state index in [-0.39, 0.29) is 24.0 Å². The van der Waals surface area contributed by atoms with Crippen molar-refractivity contribution in [3.63, 3.8) is 0 Å². The summed E-state index contributed by atoms with van der Waals surface area (Å²) in [4.78, 5) is 53.0. The Labute approximate surface area is 188 Å². The average molecular weight is 482 g/mol. The molecule has 34 heavy (non-hydrogen) atoms. The normalized spacial score (nSPS) is 19.0. The molecule has 4 rings (SSSR count). The predicted molar refractivity (Wildman–Crippen MR) is 103 cm³/mol. The van der Waals surface area contributed by atoms with Gasteiger partial charge in [-0.15, -0.1) is 0 Å². The lowest BCUT2D eigenvalue weighted by Gasteiger charge is -2.29. The first-order valence-corrected chi connectivity index (χ1v) is 9.93. The Balaban J connectivity index is 1.61. The van der Waals surface area contributed by atoms with E-state index in [1.54, 1.807) is 5.32 Å². The number of fused-ring (bicyclic) bond motifs is 1. The van der Waals surface area contributed by atoms with Crippen LogP contribution in [-0.2, 0) is 16.1 Å². The number of benzene rings is 1. The van der Waals surface area contributed by atoms with Crippen LogP contribution in [0.15, 0.2) is 30.5 Å². The summed E-state index contributed by atoms with van der Waals surface area (Å²) < 4.78 is 69.7. The Morgan fingerprint density at radius 3 is 2.56 bits per heavy atom. The fraction of sp³-hybridized carbons (Fsp3) is 0.286. The third kappa shape index (κ3) is 4.08. The lowest BCUT2D eigenvalue weighted by Crippen LogP contribution is -2.52. The second-order valence-corrected chi connectivity index (χ2v) is 7.67. The van der Waals surface area contributed by atoms with Crippen molar-refractivity contribution in [2.24, 2.45) is 0 Å². The van der Waals surface area contributed by atoms with Gasteiger partial charge in [0.15, 0.2) is 6.04 Å². The van der Waals surface area contributed by atoms with Crippen LogP contribution in [0.1, 0.15) is 50.9 Å². The van der Waals surface area contributed by atoms with Crippen LogP contribution in [0.5, 0.6) is 0 Å². The second-order valence-electron chi connectivity index (χ2n) is 7.67. The van der Waals surface area contributed by atoms with Crippen LogP contribution < -0.4 is 10.6 Å². The molecule has 0 bridgehead atoms. The highest BCUT2D eigenvalue weighted by Gasteiger charge is 2.45. The number of amides is 4. The molecule has 2 unspecified atom stereocenters. The van der Waals surface area contributed by atoms with Crippen LogP contribution in [0, 0.1) is 11.6 Å². The van der Waals surface area contributed by atoms with Gasteiger partial charge in [-0.1, -0.05) is 0 Å². The van der Waals surface area contributed by atoms with Gasteiger partial charge in [-0.25, -0.2) is 8.78 Å². The van der Waals surface area contributed by atoms with Crippen LogP contribution >= 0.6 is 0 Å². The number of carbonyl (C=O) groups excluding carboxylic acids is 4. The molecule has 4 amide bonds. The molecule has 8 nitrogen and oxygen atoms in total. The van der Waals surface area contributed by atoms with Gasteiger partial charge >= 0.3 is 6.18 Å². The first kappa shape index (κ1) is 23.3. The number of nitrogens with zero attached hydrogens (tertiary/aromatic N) is 2. The summed E-state index contributed by atoms with van der Waals surface area (Å²) in [6.45, 7) is -0.426. The maximum Gasteiger partial charge on any atom is 0.414 e. The molecular formula is C21H15F5N4O4. The zero-order valence-corrected chi connectivity index (χ0v) is 17.1. The number of halogens is 5. The minimum absolute atomic E-state index is 0.0161. The number of pyridine rings is 1. The molecule has 1 saturated heterocycles. The van der Waals surface area contributed by atoms with E-state index in [0.29, 0.717) is 0 Å². The number of rotatable bonds is 4. The standard InChI is InChI=1S/C21H15F5N4O4/c22-12-2-1-7-27-16(12)17(21(24,25)26)29-18(32)10-4-3-9-11(15(10)23)8-30(20(9)34)13-5-6-14(31)28-19(13)33/h1-4,7,13,17H,5-6,8H2,(H,29,32)(H,28,31,33). The largest absolute Gasteiger partial charge is 0.414 e. The minimum atomic E-state index is -5.14. The number of imide groups is 1. The maximum atomic E-state index is 15.2. The zero-order valence-electron chi connectivity index (χ0n) is 17.1. The van der Waals surface area contributed by atoms with Gasteiger partial charge in [-0.2, -0.15) is 13.2 Å². The lowest BCUT2D eigenvalue weighted by atomic mass is 10.0. The van der Waals surface area contributed by atoms with Crippen molar-refractivity contribution in [3.05, 3.63) is 64.5 Å². The molecule has 178 valence electrons. The van der Waals surface area contributed by atoms with Crippen molar-refractivity contribution in [2.75, 3.05) is 0 Å². The molecule has 2 aliphatic rings. The van der Waals surface area contributed by atoms with Crippen LogP contribution in [0.25, 0.3) is 0 Å². The molecule has 1 fully saturated rings. The fourth-order valence-corrected chi connectivity index (χ4v) is 3.90. The van der Waals surface area contributed by atoms with Gasteiger partial charge in [0.05, 0.1) is 12.1 Å². The van der Waals surface area contributed by atoms with Crippen LogP contribution in [-0.4, -0.2) is 45.7 Å². The smallest absolute Gasteiger partial charge is 0.335 e. The Kier molecular flexibility index (Phi) is 5.79. The second kappa shape index (κ2) is 8.47. The summed E-state index contributed by atoms with van der Waals surface area (Å²) in [6, 6.07) is -0.201. The molecule has 3 heterocycles. The van der Waals surface area contributed by atoms with Crippen LogP contribution in [0.2, 0.25) is 0 Å². The SMILES string of the molecule is O=C1CCC(N2Cc3c(ccc(C(=O)NC(c4ncccc4F)C(F)(F)F)c3F)C2=O)C(=O)N1. The Morgan fingerprint density at radius 2 is 1.91 bits per heavy atom. The van der Waals surface area contributed by atoms with E-state index in [4.69, 9.17) is 0 Å². The van der Waals surface area contributed by atoms with Gasteiger partial charge < -0.3 is 10.2 Å². The van der Waals surface area contributed by atoms with Crippen molar-refractivity contribution in [1.29, 1.82) is 0 Å². The Bertz CT molecular complexity index is 1220. The summed E-state index contributed by atoms with van der Waals surface area (Å²) in [7, 11) is 0. The highest BCUT2D eigenvalue weighted by Crippen LogP contribution is 2.34. The van der Waals surface area contributed by atoms with E-state index >= 15 is 4.39 Å². The van der Waals surface area contributed by atoms with Crippen molar-refractivity contribution in [1.82, 2.24) is 20.5 Å². The Hall–Kier alpha value is -3.90. The Morgan fingerprint density at radius 1 is 1.18 bits per heavy atom. The highest BCUT2D eigenvalue weighted by molar-refractivity contribution is 6.06. The molecule has 1 aromatic carbocycles. The lowest BCUT2D eigenvalue weighted by molar-refractivity contribution is -0.156. The molecule has 2 N–H and O–H groups in total.